The molecule has 5 nitrogen and oxygen atoms in total. The molecule has 2 aromatic rings. The number of ether oxygens (including phenoxy) is 1. The average Bonchev–Trinajstić information content (AvgIpc) is 3.11. The van der Waals surface area contributed by atoms with E-state index in [0.717, 1.165) is 36.8 Å². The fourth-order valence-electron chi connectivity index (χ4n) is 3.04. The van der Waals surface area contributed by atoms with Gasteiger partial charge in [0.2, 0.25) is 5.82 Å². The normalized spacial score (nSPS) is 17.2. The molecule has 1 aliphatic carbocycles. The second kappa shape index (κ2) is 5.48. The first-order valence-electron chi connectivity index (χ1n) is 7.49. The molecule has 3 rings (SSSR count). The van der Waals surface area contributed by atoms with Crippen molar-refractivity contribution in [2.45, 2.75) is 45.1 Å². The number of hydrogen-bond donors (Lipinski definition) is 1. The molecule has 1 aromatic carbocycles. The Hall–Kier alpha value is -1.88. The number of anilines is 1. The van der Waals surface area contributed by atoms with Crippen molar-refractivity contribution in [3.63, 3.8) is 0 Å². The molecule has 5 heteroatoms. The fourth-order valence-corrected chi connectivity index (χ4v) is 3.04. The molecule has 0 amide bonds. The fraction of sp³-hybridized carbons (Fsp3) is 0.500. The number of nitrogens with zero attached hydrogens (tertiary/aromatic N) is 2. The van der Waals surface area contributed by atoms with Crippen LogP contribution < -0.4 is 5.73 Å². The minimum absolute atomic E-state index is 0.370. The van der Waals surface area contributed by atoms with E-state index >= 15 is 0 Å². The number of benzene rings is 1. The molecule has 1 aromatic heterocycles. The highest BCUT2D eigenvalue weighted by molar-refractivity contribution is 5.63. The smallest absolute Gasteiger partial charge is 0.258 e. The van der Waals surface area contributed by atoms with Crippen molar-refractivity contribution >= 4 is 5.69 Å². The summed E-state index contributed by atoms with van der Waals surface area (Å²) < 4.78 is 11.4. The molecule has 21 heavy (non-hydrogen) atoms. The second-order valence-electron chi connectivity index (χ2n) is 5.63. The molecule has 0 radical (unpaired) electrons. The monoisotopic (exact) mass is 287 g/mol. The highest BCUT2D eigenvalue weighted by Gasteiger charge is 2.41. The molecular weight excluding hydrogens is 266 g/mol. The van der Waals surface area contributed by atoms with E-state index in [2.05, 4.69) is 10.1 Å². The van der Waals surface area contributed by atoms with Gasteiger partial charge in [0.1, 0.15) is 5.60 Å². The first-order chi connectivity index (χ1) is 10.1. The van der Waals surface area contributed by atoms with Crippen LogP contribution in [0.5, 0.6) is 0 Å². The predicted octanol–water partition coefficient (Wildman–Crippen LogP) is 3.43. The van der Waals surface area contributed by atoms with E-state index in [0.29, 0.717) is 24.0 Å². The summed E-state index contributed by atoms with van der Waals surface area (Å²) in [6, 6.07) is 5.70. The van der Waals surface area contributed by atoms with Gasteiger partial charge in [0.15, 0.2) is 0 Å². The molecule has 0 unspecified atom stereocenters. The minimum atomic E-state index is -0.370. The van der Waals surface area contributed by atoms with Crippen molar-refractivity contribution in [1.82, 2.24) is 10.1 Å². The van der Waals surface area contributed by atoms with Gasteiger partial charge >= 0.3 is 0 Å². The molecule has 1 aliphatic rings. The number of nitrogen functional groups attached to an aromatic ring is 1. The maximum atomic E-state index is 5.97. The van der Waals surface area contributed by atoms with Gasteiger partial charge in [0.05, 0.1) is 0 Å². The zero-order chi connectivity index (χ0) is 14.9. The Bertz CT molecular complexity index is 630. The lowest BCUT2D eigenvalue weighted by Crippen LogP contribution is -2.27. The van der Waals surface area contributed by atoms with Crippen molar-refractivity contribution in [3.05, 3.63) is 29.6 Å². The summed E-state index contributed by atoms with van der Waals surface area (Å²) in [7, 11) is 0. The van der Waals surface area contributed by atoms with Gasteiger partial charge in [-0.25, -0.2) is 0 Å². The number of hydrogen-bond acceptors (Lipinski definition) is 5. The lowest BCUT2D eigenvalue weighted by molar-refractivity contribution is -0.0469. The summed E-state index contributed by atoms with van der Waals surface area (Å²) >= 11 is 0. The Labute approximate surface area is 124 Å². The Kier molecular flexibility index (Phi) is 3.68. The highest BCUT2D eigenvalue weighted by Crippen LogP contribution is 2.41. The molecule has 1 heterocycles. The Balaban J connectivity index is 1.97. The van der Waals surface area contributed by atoms with Crippen LogP contribution in [-0.2, 0) is 10.3 Å². The van der Waals surface area contributed by atoms with E-state index < -0.39 is 0 Å². The van der Waals surface area contributed by atoms with E-state index in [1.165, 1.54) is 0 Å². The number of rotatable bonds is 4. The van der Waals surface area contributed by atoms with Gasteiger partial charge < -0.3 is 15.0 Å². The van der Waals surface area contributed by atoms with Crippen LogP contribution in [0, 0.1) is 6.92 Å². The average molecular weight is 287 g/mol. The SMILES string of the molecule is CCOC1(c2noc(-c3cc(N)ccc3C)n2)CCCC1. The quantitative estimate of drug-likeness (QED) is 0.872. The van der Waals surface area contributed by atoms with Gasteiger partial charge in [0, 0.05) is 17.9 Å². The van der Waals surface area contributed by atoms with Gasteiger partial charge in [-0.1, -0.05) is 11.2 Å². The Morgan fingerprint density at radius 1 is 1.33 bits per heavy atom. The molecule has 112 valence electrons. The van der Waals surface area contributed by atoms with Crippen LogP contribution in [0.4, 0.5) is 5.69 Å². The van der Waals surface area contributed by atoms with Crippen molar-refractivity contribution in [1.29, 1.82) is 0 Å². The van der Waals surface area contributed by atoms with Gasteiger partial charge in [0.25, 0.3) is 5.89 Å². The summed E-state index contributed by atoms with van der Waals surface area (Å²) in [5.41, 5.74) is 8.13. The predicted molar refractivity (Wildman–Crippen MR) is 80.7 cm³/mol. The molecule has 2 N–H and O–H groups in total. The maximum Gasteiger partial charge on any atom is 0.258 e. The van der Waals surface area contributed by atoms with Crippen LogP contribution in [0.15, 0.2) is 22.7 Å². The molecular formula is C16H21N3O2. The van der Waals surface area contributed by atoms with Crippen LogP contribution in [0.25, 0.3) is 11.5 Å². The first kappa shape index (κ1) is 14.1. The molecule has 1 fully saturated rings. The number of aromatic nitrogens is 2. The number of nitrogens with two attached hydrogens (primary N) is 1. The standard InChI is InChI=1S/C16H21N3O2/c1-3-20-16(8-4-5-9-16)15-18-14(21-19-15)13-10-12(17)7-6-11(13)2/h6-7,10H,3-5,8-9,17H2,1-2H3. The zero-order valence-corrected chi connectivity index (χ0v) is 12.6. The zero-order valence-electron chi connectivity index (χ0n) is 12.6. The Morgan fingerprint density at radius 3 is 2.81 bits per heavy atom. The number of aryl methyl sites for hydroxylation is 1. The lowest BCUT2D eigenvalue weighted by atomic mass is 10.0. The van der Waals surface area contributed by atoms with Crippen molar-refractivity contribution in [2.24, 2.45) is 0 Å². The van der Waals surface area contributed by atoms with Crippen LogP contribution in [0.1, 0.15) is 44.0 Å². The summed E-state index contributed by atoms with van der Waals surface area (Å²) in [6.45, 7) is 4.66. The molecule has 1 saturated carbocycles. The van der Waals surface area contributed by atoms with Crippen molar-refractivity contribution in [2.75, 3.05) is 12.3 Å². The van der Waals surface area contributed by atoms with Gasteiger partial charge in [-0.05, 0) is 57.2 Å². The van der Waals surface area contributed by atoms with Crippen LogP contribution in [-0.4, -0.2) is 16.7 Å². The summed E-state index contributed by atoms with van der Waals surface area (Å²) in [5.74, 6) is 1.18. The van der Waals surface area contributed by atoms with E-state index in [-0.39, 0.29) is 5.60 Å². The highest BCUT2D eigenvalue weighted by atomic mass is 16.5. The minimum Gasteiger partial charge on any atom is -0.399 e. The molecule has 0 bridgehead atoms. The van der Waals surface area contributed by atoms with Crippen LogP contribution in [0.3, 0.4) is 0 Å². The third-order valence-electron chi connectivity index (χ3n) is 4.16. The van der Waals surface area contributed by atoms with E-state index in [1.54, 1.807) is 0 Å². The second-order valence-corrected chi connectivity index (χ2v) is 5.63. The van der Waals surface area contributed by atoms with Crippen LogP contribution in [0.2, 0.25) is 0 Å². The summed E-state index contributed by atoms with van der Waals surface area (Å²) in [4.78, 5) is 4.60. The lowest BCUT2D eigenvalue weighted by Gasteiger charge is -2.24. The maximum absolute atomic E-state index is 5.97. The van der Waals surface area contributed by atoms with E-state index in [1.807, 2.05) is 32.0 Å². The molecule has 0 atom stereocenters. The van der Waals surface area contributed by atoms with E-state index in [4.69, 9.17) is 15.0 Å². The third-order valence-corrected chi connectivity index (χ3v) is 4.16. The topological polar surface area (TPSA) is 74.2 Å². The molecule has 0 saturated heterocycles. The third kappa shape index (κ3) is 2.53. The van der Waals surface area contributed by atoms with E-state index in [9.17, 15) is 0 Å². The van der Waals surface area contributed by atoms with Crippen molar-refractivity contribution < 1.29 is 9.26 Å². The molecule has 0 spiro atoms. The van der Waals surface area contributed by atoms with Gasteiger partial charge in [-0.3, -0.25) is 0 Å². The van der Waals surface area contributed by atoms with Gasteiger partial charge in [-0.15, -0.1) is 0 Å². The first-order valence-corrected chi connectivity index (χ1v) is 7.49. The molecule has 0 aliphatic heterocycles. The van der Waals surface area contributed by atoms with Gasteiger partial charge in [-0.2, -0.15) is 4.98 Å². The Morgan fingerprint density at radius 2 is 2.10 bits per heavy atom. The largest absolute Gasteiger partial charge is 0.399 e. The van der Waals surface area contributed by atoms with Crippen LogP contribution >= 0.6 is 0 Å². The summed E-state index contributed by atoms with van der Waals surface area (Å²) in [6.07, 6.45) is 4.19. The van der Waals surface area contributed by atoms with Crippen molar-refractivity contribution in [3.8, 4) is 11.5 Å². The summed E-state index contributed by atoms with van der Waals surface area (Å²) in [5, 5.41) is 4.18.